The van der Waals surface area contributed by atoms with Gasteiger partial charge in [-0.3, -0.25) is 9.89 Å². The molecule has 2 rings (SSSR count). The third kappa shape index (κ3) is 4.53. The summed E-state index contributed by atoms with van der Waals surface area (Å²) in [5, 5.41) is 0. The molecule has 126 valence electrons. The standard InChI is InChI=1S/C18H27N3O2/c1-6-13(2)21(17(22)23-18(3,4)5)16-10-9-14(12-20-16)15-8-7-11-19-15/h9-10,12-13H,6-8,11H2,1-5H3/t13-/m0/s1. The smallest absolute Gasteiger partial charge is 0.416 e. The van der Waals surface area contributed by atoms with Crippen LogP contribution in [0.25, 0.3) is 0 Å². The molecule has 1 aliphatic heterocycles. The van der Waals surface area contributed by atoms with Crippen molar-refractivity contribution in [1.82, 2.24) is 4.98 Å². The van der Waals surface area contributed by atoms with Gasteiger partial charge in [0.05, 0.1) is 0 Å². The predicted molar refractivity (Wildman–Crippen MR) is 93.3 cm³/mol. The molecule has 0 aliphatic carbocycles. The van der Waals surface area contributed by atoms with Gasteiger partial charge in [-0.15, -0.1) is 0 Å². The maximum absolute atomic E-state index is 12.5. The fraction of sp³-hybridized carbons (Fsp3) is 0.611. The van der Waals surface area contributed by atoms with E-state index in [1.807, 2.05) is 46.8 Å². The van der Waals surface area contributed by atoms with Crippen molar-refractivity contribution in [3.8, 4) is 0 Å². The van der Waals surface area contributed by atoms with Gasteiger partial charge in [0.1, 0.15) is 11.4 Å². The summed E-state index contributed by atoms with van der Waals surface area (Å²) in [7, 11) is 0. The minimum atomic E-state index is -0.526. The van der Waals surface area contributed by atoms with Crippen LogP contribution in [-0.4, -0.2) is 35.0 Å². The van der Waals surface area contributed by atoms with Crippen molar-refractivity contribution < 1.29 is 9.53 Å². The second-order valence-electron chi connectivity index (χ2n) is 6.94. The number of aromatic nitrogens is 1. The number of hydrogen-bond acceptors (Lipinski definition) is 4. The Morgan fingerprint density at radius 1 is 1.39 bits per heavy atom. The van der Waals surface area contributed by atoms with E-state index < -0.39 is 5.60 Å². The number of pyridine rings is 1. The van der Waals surface area contributed by atoms with E-state index in [0.717, 1.165) is 37.1 Å². The van der Waals surface area contributed by atoms with E-state index in [2.05, 4.69) is 9.98 Å². The summed E-state index contributed by atoms with van der Waals surface area (Å²) < 4.78 is 5.53. The maximum Gasteiger partial charge on any atom is 0.416 e. The number of ether oxygens (including phenoxy) is 1. The topological polar surface area (TPSA) is 54.8 Å². The molecule has 5 nitrogen and oxygen atoms in total. The van der Waals surface area contributed by atoms with Crippen LogP contribution in [0.15, 0.2) is 23.3 Å². The zero-order valence-corrected chi connectivity index (χ0v) is 14.8. The Morgan fingerprint density at radius 3 is 2.61 bits per heavy atom. The summed E-state index contributed by atoms with van der Waals surface area (Å²) in [5.74, 6) is 0.621. The van der Waals surface area contributed by atoms with Gasteiger partial charge in [0.15, 0.2) is 0 Å². The molecular formula is C18H27N3O2. The van der Waals surface area contributed by atoms with Crippen LogP contribution in [0.2, 0.25) is 0 Å². The molecule has 1 aromatic heterocycles. The molecule has 1 atom stereocenters. The van der Waals surface area contributed by atoms with Crippen LogP contribution in [0.5, 0.6) is 0 Å². The number of nitrogens with zero attached hydrogens (tertiary/aromatic N) is 3. The lowest BCUT2D eigenvalue weighted by atomic mass is 10.1. The number of aliphatic imine (C=N–C) groups is 1. The average molecular weight is 317 g/mol. The highest BCUT2D eigenvalue weighted by Crippen LogP contribution is 2.21. The Labute approximate surface area is 138 Å². The van der Waals surface area contributed by atoms with Crippen LogP contribution in [0.1, 0.15) is 59.4 Å². The van der Waals surface area contributed by atoms with E-state index in [9.17, 15) is 4.79 Å². The van der Waals surface area contributed by atoms with Crippen LogP contribution in [-0.2, 0) is 4.74 Å². The highest BCUT2D eigenvalue weighted by atomic mass is 16.6. The lowest BCUT2D eigenvalue weighted by molar-refractivity contribution is 0.0566. The van der Waals surface area contributed by atoms with Gasteiger partial charge in [-0.25, -0.2) is 9.78 Å². The highest BCUT2D eigenvalue weighted by molar-refractivity contribution is 6.01. The van der Waals surface area contributed by atoms with E-state index in [1.54, 1.807) is 11.1 Å². The fourth-order valence-corrected chi connectivity index (χ4v) is 2.47. The Morgan fingerprint density at radius 2 is 2.13 bits per heavy atom. The van der Waals surface area contributed by atoms with Gasteiger partial charge in [0.2, 0.25) is 0 Å². The molecule has 0 spiro atoms. The number of rotatable bonds is 4. The van der Waals surface area contributed by atoms with E-state index in [-0.39, 0.29) is 12.1 Å². The summed E-state index contributed by atoms with van der Waals surface area (Å²) in [4.78, 5) is 23.1. The monoisotopic (exact) mass is 317 g/mol. The number of carbonyl (C=O) groups excluding carboxylic acids is 1. The summed E-state index contributed by atoms with van der Waals surface area (Å²) in [6.45, 7) is 10.6. The summed E-state index contributed by atoms with van der Waals surface area (Å²) >= 11 is 0. The van der Waals surface area contributed by atoms with E-state index in [4.69, 9.17) is 4.74 Å². The summed E-state index contributed by atoms with van der Waals surface area (Å²) in [6.07, 6.45) is 4.38. The van der Waals surface area contributed by atoms with E-state index >= 15 is 0 Å². The molecule has 1 amide bonds. The van der Waals surface area contributed by atoms with Crippen molar-refractivity contribution in [3.05, 3.63) is 23.9 Å². The third-order valence-corrected chi connectivity index (χ3v) is 3.82. The molecule has 23 heavy (non-hydrogen) atoms. The molecule has 0 saturated heterocycles. The number of anilines is 1. The molecule has 5 heteroatoms. The van der Waals surface area contributed by atoms with E-state index in [1.165, 1.54) is 0 Å². The quantitative estimate of drug-likeness (QED) is 0.836. The first-order valence-electron chi connectivity index (χ1n) is 8.34. The Hall–Kier alpha value is -1.91. The SMILES string of the molecule is CC[C@H](C)N(C(=O)OC(C)(C)C)c1ccc(C2=NCCC2)cn1. The lowest BCUT2D eigenvalue weighted by Gasteiger charge is -2.30. The first-order valence-corrected chi connectivity index (χ1v) is 8.34. The second kappa shape index (κ2) is 7.11. The number of carbonyl (C=O) groups is 1. The molecule has 2 heterocycles. The molecule has 0 radical (unpaired) electrons. The van der Waals surface area contributed by atoms with Crippen molar-refractivity contribution in [1.29, 1.82) is 0 Å². The zero-order valence-electron chi connectivity index (χ0n) is 14.8. The van der Waals surface area contributed by atoms with Crippen LogP contribution in [0, 0.1) is 0 Å². The molecule has 0 N–H and O–H groups in total. The molecule has 0 unspecified atom stereocenters. The van der Waals surface area contributed by atoms with Crippen LogP contribution >= 0.6 is 0 Å². The lowest BCUT2D eigenvalue weighted by Crippen LogP contribution is -2.42. The fourth-order valence-electron chi connectivity index (χ4n) is 2.47. The van der Waals surface area contributed by atoms with Crippen molar-refractivity contribution in [2.24, 2.45) is 4.99 Å². The molecule has 0 saturated carbocycles. The largest absolute Gasteiger partial charge is 0.443 e. The minimum absolute atomic E-state index is 0.0204. The minimum Gasteiger partial charge on any atom is -0.443 e. The van der Waals surface area contributed by atoms with Gasteiger partial charge < -0.3 is 4.74 Å². The van der Waals surface area contributed by atoms with Gasteiger partial charge in [0.25, 0.3) is 0 Å². The predicted octanol–water partition coefficient (Wildman–Crippen LogP) is 4.20. The van der Waals surface area contributed by atoms with Gasteiger partial charge in [-0.1, -0.05) is 6.92 Å². The first-order chi connectivity index (χ1) is 10.8. The van der Waals surface area contributed by atoms with E-state index in [0.29, 0.717) is 5.82 Å². The molecule has 0 aromatic carbocycles. The molecule has 0 fully saturated rings. The second-order valence-corrected chi connectivity index (χ2v) is 6.94. The van der Waals surface area contributed by atoms with Crippen molar-refractivity contribution >= 4 is 17.6 Å². The van der Waals surface area contributed by atoms with Gasteiger partial charge in [0, 0.05) is 30.1 Å². The maximum atomic E-state index is 12.5. The normalized spacial score (nSPS) is 16.0. The van der Waals surface area contributed by atoms with Crippen molar-refractivity contribution in [2.75, 3.05) is 11.4 Å². The Balaban J connectivity index is 2.23. The van der Waals surface area contributed by atoms with Gasteiger partial charge in [-0.05, 0) is 59.1 Å². The molecule has 0 bridgehead atoms. The Bertz CT molecular complexity index is 573. The number of amides is 1. The van der Waals surface area contributed by atoms with Crippen molar-refractivity contribution in [2.45, 2.75) is 65.5 Å². The van der Waals surface area contributed by atoms with Crippen LogP contribution < -0.4 is 4.90 Å². The first kappa shape index (κ1) is 17.4. The average Bonchev–Trinajstić information content (AvgIpc) is 3.00. The molecule has 1 aromatic rings. The third-order valence-electron chi connectivity index (χ3n) is 3.82. The molecule has 1 aliphatic rings. The highest BCUT2D eigenvalue weighted by Gasteiger charge is 2.27. The van der Waals surface area contributed by atoms with Crippen LogP contribution in [0.4, 0.5) is 10.6 Å². The Kier molecular flexibility index (Phi) is 5.39. The number of hydrogen-bond donors (Lipinski definition) is 0. The summed E-state index contributed by atoms with van der Waals surface area (Å²) in [5.41, 5.74) is 1.62. The van der Waals surface area contributed by atoms with Crippen LogP contribution in [0.3, 0.4) is 0 Å². The van der Waals surface area contributed by atoms with Gasteiger partial charge in [-0.2, -0.15) is 0 Å². The summed E-state index contributed by atoms with van der Waals surface area (Å²) in [6, 6.07) is 3.89. The van der Waals surface area contributed by atoms with Crippen molar-refractivity contribution in [3.63, 3.8) is 0 Å². The van der Waals surface area contributed by atoms with Gasteiger partial charge >= 0.3 is 6.09 Å². The zero-order chi connectivity index (χ0) is 17.0. The molecular weight excluding hydrogens is 290 g/mol.